The minimum absolute atomic E-state index is 0. The Morgan fingerprint density at radius 2 is 1.91 bits per heavy atom. The Kier molecular flexibility index (Phi) is 7.40. The molecule has 0 atom stereocenters. The molecular weight excluding hydrogens is 338 g/mol. The van der Waals surface area contributed by atoms with E-state index in [2.05, 4.69) is 5.10 Å². The molecule has 0 bridgehead atoms. The summed E-state index contributed by atoms with van der Waals surface area (Å²) in [5, 5.41) is 4.17. The fourth-order valence-corrected chi connectivity index (χ4v) is 3.41. The molecule has 0 radical (unpaired) electrons. The Balaban J connectivity index is 0.00000441. The van der Waals surface area contributed by atoms with Crippen molar-refractivity contribution in [2.24, 2.45) is 11.7 Å². The van der Waals surface area contributed by atoms with Crippen LogP contribution in [0.1, 0.15) is 25.2 Å². The van der Waals surface area contributed by atoms with Crippen molar-refractivity contribution in [3.05, 3.63) is 11.4 Å². The molecule has 10 heteroatoms. The highest BCUT2D eigenvalue weighted by Gasteiger charge is 2.31. The number of alkyl halides is 2. The van der Waals surface area contributed by atoms with Gasteiger partial charge in [-0.05, 0) is 19.8 Å². The number of nitrogens with one attached hydrogen (secondary N) is 1. The van der Waals surface area contributed by atoms with E-state index in [1.54, 1.807) is 18.5 Å². The Bertz CT molecular complexity index is 603. The summed E-state index contributed by atoms with van der Waals surface area (Å²) in [7, 11) is -4.05. The predicted molar refractivity (Wildman–Crippen MR) is 83.0 cm³/mol. The molecule has 0 unspecified atom stereocenters. The zero-order chi connectivity index (χ0) is 16.4. The molecule has 1 aromatic rings. The number of aryl methyl sites for hydroxylation is 1. The summed E-state index contributed by atoms with van der Waals surface area (Å²) < 4.78 is 54.1. The maximum absolute atomic E-state index is 13.1. The monoisotopic (exact) mass is 360 g/mol. The first-order chi connectivity index (χ1) is 9.50. The second kappa shape index (κ2) is 7.67. The van der Waals surface area contributed by atoms with Crippen molar-refractivity contribution in [1.82, 2.24) is 14.5 Å². The van der Waals surface area contributed by atoms with Crippen LogP contribution in [0.3, 0.4) is 0 Å². The zero-order valence-corrected chi connectivity index (χ0v) is 14.7. The highest BCUT2D eigenvalue weighted by molar-refractivity contribution is 7.89. The van der Waals surface area contributed by atoms with Gasteiger partial charge in [0, 0.05) is 6.54 Å². The molecule has 22 heavy (non-hydrogen) atoms. The molecule has 0 aliphatic heterocycles. The van der Waals surface area contributed by atoms with Crippen LogP contribution in [0.2, 0.25) is 0 Å². The molecule has 0 aliphatic rings. The quantitative estimate of drug-likeness (QED) is 0.770. The van der Waals surface area contributed by atoms with E-state index < -0.39 is 29.0 Å². The van der Waals surface area contributed by atoms with Gasteiger partial charge in [-0.15, -0.1) is 12.4 Å². The van der Waals surface area contributed by atoms with Crippen molar-refractivity contribution >= 4 is 22.4 Å². The first-order valence-electron chi connectivity index (χ1n) is 6.61. The van der Waals surface area contributed by atoms with Gasteiger partial charge in [0.15, 0.2) is 0 Å². The standard InChI is InChI=1S/C12H22F2N4O2S.ClH/c1-8(2)5-18-10(4)11(9(3)17-18)21(19,20)16-7-12(13,14)6-15;/h8,16H,5-7,15H2,1-4H3;1H. The maximum atomic E-state index is 13.1. The number of rotatable bonds is 7. The molecular formula is C12H23ClF2N4O2S. The Hall–Kier alpha value is -0.770. The molecule has 130 valence electrons. The SMILES string of the molecule is Cc1nn(CC(C)C)c(C)c1S(=O)(=O)NCC(F)(F)CN.Cl. The van der Waals surface area contributed by atoms with E-state index >= 15 is 0 Å². The van der Waals surface area contributed by atoms with Crippen LogP contribution >= 0.6 is 12.4 Å². The van der Waals surface area contributed by atoms with Crippen molar-refractivity contribution in [1.29, 1.82) is 0 Å². The second-order valence-corrected chi connectivity index (χ2v) is 7.16. The zero-order valence-electron chi connectivity index (χ0n) is 13.1. The van der Waals surface area contributed by atoms with Gasteiger partial charge >= 0.3 is 0 Å². The molecule has 1 aromatic heterocycles. The summed E-state index contributed by atoms with van der Waals surface area (Å²) >= 11 is 0. The van der Waals surface area contributed by atoms with Crippen LogP contribution in [-0.2, 0) is 16.6 Å². The smallest absolute Gasteiger partial charge is 0.273 e. The van der Waals surface area contributed by atoms with Crippen molar-refractivity contribution in [2.75, 3.05) is 13.1 Å². The fraction of sp³-hybridized carbons (Fsp3) is 0.750. The fourth-order valence-electron chi connectivity index (χ4n) is 1.94. The molecule has 0 fully saturated rings. The summed E-state index contributed by atoms with van der Waals surface area (Å²) in [6, 6.07) is 0. The number of aromatic nitrogens is 2. The lowest BCUT2D eigenvalue weighted by atomic mass is 10.2. The lowest BCUT2D eigenvalue weighted by Crippen LogP contribution is -2.41. The van der Waals surface area contributed by atoms with Crippen LogP contribution in [0.5, 0.6) is 0 Å². The van der Waals surface area contributed by atoms with Gasteiger partial charge in [0.25, 0.3) is 5.92 Å². The van der Waals surface area contributed by atoms with Crippen LogP contribution < -0.4 is 10.5 Å². The van der Waals surface area contributed by atoms with Crippen molar-refractivity contribution in [2.45, 2.75) is 45.1 Å². The summed E-state index contributed by atoms with van der Waals surface area (Å²) in [6.07, 6.45) is 0. The lowest BCUT2D eigenvalue weighted by Gasteiger charge is -2.15. The van der Waals surface area contributed by atoms with Crippen molar-refractivity contribution in [3.63, 3.8) is 0 Å². The Morgan fingerprint density at radius 3 is 2.36 bits per heavy atom. The van der Waals surface area contributed by atoms with Crippen LogP contribution in [0.4, 0.5) is 8.78 Å². The van der Waals surface area contributed by atoms with E-state index in [0.29, 0.717) is 12.2 Å². The molecule has 0 amide bonds. The highest BCUT2D eigenvalue weighted by Crippen LogP contribution is 2.21. The van der Waals surface area contributed by atoms with E-state index in [1.165, 1.54) is 0 Å². The third kappa shape index (κ3) is 5.15. The summed E-state index contributed by atoms with van der Waals surface area (Å²) in [5.41, 5.74) is 5.62. The molecule has 0 aromatic carbocycles. The minimum atomic E-state index is -4.05. The average Bonchev–Trinajstić information content (AvgIpc) is 2.62. The molecule has 0 saturated heterocycles. The molecule has 6 nitrogen and oxygen atoms in total. The number of hydrogen-bond donors (Lipinski definition) is 2. The average molecular weight is 361 g/mol. The predicted octanol–water partition coefficient (Wildman–Crippen LogP) is 1.45. The molecule has 0 spiro atoms. The van der Waals surface area contributed by atoms with Gasteiger partial charge < -0.3 is 5.73 Å². The minimum Gasteiger partial charge on any atom is -0.325 e. The number of sulfonamides is 1. The molecule has 0 aliphatic carbocycles. The normalized spacial score (nSPS) is 12.5. The van der Waals surface area contributed by atoms with Crippen LogP contribution in [0.15, 0.2) is 4.90 Å². The Labute approximate surface area is 135 Å². The van der Waals surface area contributed by atoms with Gasteiger partial charge in [-0.3, -0.25) is 4.68 Å². The summed E-state index contributed by atoms with van der Waals surface area (Å²) in [5.74, 6) is -2.99. The largest absolute Gasteiger partial charge is 0.325 e. The number of hydrogen-bond acceptors (Lipinski definition) is 4. The Morgan fingerprint density at radius 1 is 1.36 bits per heavy atom. The maximum Gasteiger partial charge on any atom is 0.273 e. The summed E-state index contributed by atoms with van der Waals surface area (Å²) in [4.78, 5) is -0.0454. The summed E-state index contributed by atoms with van der Waals surface area (Å²) in [6.45, 7) is 5.72. The molecule has 1 rings (SSSR count). The highest BCUT2D eigenvalue weighted by atomic mass is 35.5. The van der Waals surface area contributed by atoms with E-state index in [9.17, 15) is 17.2 Å². The van der Waals surface area contributed by atoms with E-state index in [0.717, 1.165) is 0 Å². The van der Waals surface area contributed by atoms with Crippen LogP contribution in [0.25, 0.3) is 0 Å². The van der Waals surface area contributed by atoms with Gasteiger partial charge in [0.1, 0.15) is 4.90 Å². The first-order valence-corrected chi connectivity index (χ1v) is 8.10. The van der Waals surface area contributed by atoms with Crippen LogP contribution in [-0.4, -0.2) is 37.2 Å². The molecule has 1 heterocycles. The second-order valence-electron chi connectivity index (χ2n) is 5.46. The van der Waals surface area contributed by atoms with Crippen molar-refractivity contribution < 1.29 is 17.2 Å². The van der Waals surface area contributed by atoms with E-state index in [4.69, 9.17) is 5.73 Å². The first kappa shape index (κ1) is 21.2. The van der Waals surface area contributed by atoms with Gasteiger partial charge in [-0.2, -0.15) is 5.10 Å². The molecule has 0 saturated carbocycles. The van der Waals surface area contributed by atoms with E-state index in [1.807, 2.05) is 18.6 Å². The number of halogens is 3. The number of nitrogens with zero attached hydrogens (tertiary/aromatic N) is 2. The molecule has 3 N–H and O–H groups in total. The number of nitrogens with two attached hydrogens (primary N) is 1. The third-order valence-electron chi connectivity index (χ3n) is 2.94. The van der Waals surface area contributed by atoms with Gasteiger partial charge in [-0.25, -0.2) is 21.9 Å². The van der Waals surface area contributed by atoms with Gasteiger partial charge in [0.05, 0.1) is 24.5 Å². The topological polar surface area (TPSA) is 90.0 Å². The van der Waals surface area contributed by atoms with Gasteiger partial charge in [0.2, 0.25) is 10.0 Å². The van der Waals surface area contributed by atoms with Crippen LogP contribution in [0, 0.1) is 19.8 Å². The van der Waals surface area contributed by atoms with Crippen molar-refractivity contribution in [3.8, 4) is 0 Å². The van der Waals surface area contributed by atoms with Gasteiger partial charge in [-0.1, -0.05) is 13.8 Å². The third-order valence-corrected chi connectivity index (χ3v) is 4.59. The lowest BCUT2D eigenvalue weighted by molar-refractivity contribution is 0.0170. The van der Waals surface area contributed by atoms with E-state index in [-0.39, 0.29) is 28.9 Å².